The summed E-state index contributed by atoms with van der Waals surface area (Å²) < 4.78 is 5.17. The highest BCUT2D eigenvalue weighted by molar-refractivity contribution is 5.42. The van der Waals surface area contributed by atoms with Crippen molar-refractivity contribution < 1.29 is 4.52 Å². The third-order valence-corrected chi connectivity index (χ3v) is 3.46. The van der Waals surface area contributed by atoms with E-state index in [1.54, 1.807) is 0 Å². The van der Waals surface area contributed by atoms with Crippen LogP contribution < -0.4 is 5.73 Å². The maximum absolute atomic E-state index is 6.48. The highest BCUT2D eigenvalue weighted by atomic mass is 16.5. The van der Waals surface area contributed by atoms with E-state index in [0.29, 0.717) is 11.7 Å². The average molecular weight is 229 g/mol. The molecular formula is C13H15N3O. The highest BCUT2D eigenvalue weighted by Crippen LogP contribution is 2.38. The van der Waals surface area contributed by atoms with E-state index in [-0.39, 0.29) is 0 Å². The molecule has 1 aliphatic carbocycles. The Bertz CT molecular complexity index is 549. The summed E-state index contributed by atoms with van der Waals surface area (Å²) in [6.45, 7) is 1.99. The fourth-order valence-corrected chi connectivity index (χ4v) is 2.45. The second-order valence-electron chi connectivity index (χ2n) is 4.49. The van der Waals surface area contributed by atoms with E-state index in [4.69, 9.17) is 10.3 Å². The van der Waals surface area contributed by atoms with Gasteiger partial charge in [0.2, 0.25) is 5.89 Å². The summed E-state index contributed by atoms with van der Waals surface area (Å²) in [7, 11) is 0. The first kappa shape index (κ1) is 10.5. The molecule has 0 fully saturated rings. The maximum Gasteiger partial charge on any atom is 0.226 e. The van der Waals surface area contributed by atoms with Crippen LogP contribution in [0.25, 0.3) is 0 Å². The van der Waals surface area contributed by atoms with Crippen molar-refractivity contribution in [2.45, 2.75) is 31.7 Å². The molecule has 4 heteroatoms. The zero-order chi connectivity index (χ0) is 11.9. The largest absolute Gasteiger partial charge is 0.339 e. The van der Waals surface area contributed by atoms with Crippen molar-refractivity contribution in [3.05, 3.63) is 47.1 Å². The predicted octanol–water partition coefficient (Wildman–Crippen LogP) is 1.78. The minimum absolute atomic E-state index is 0.576. The van der Waals surface area contributed by atoms with E-state index in [1.807, 2.05) is 19.1 Å². The van der Waals surface area contributed by atoms with Crippen molar-refractivity contribution in [1.82, 2.24) is 10.1 Å². The number of aryl methyl sites for hydroxylation is 2. The summed E-state index contributed by atoms with van der Waals surface area (Å²) in [6, 6.07) is 8.22. The quantitative estimate of drug-likeness (QED) is 0.852. The molecule has 0 aliphatic heterocycles. The Morgan fingerprint density at radius 2 is 2.24 bits per heavy atom. The second-order valence-corrected chi connectivity index (χ2v) is 4.49. The number of hydrogen-bond acceptors (Lipinski definition) is 4. The Labute approximate surface area is 99.8 Å². The average Bonchev–Trinajstić information content (AvgIpc) is 2.96. The lowest BCUT2D eigenvalue weighted by molar-refractivity contribution is 0.363. The van der Waals surface area contributed by atoms with E-state index >= 15 is 0 Å². The van der Waals surface area contributed by atoms with Crippen LogP contribution in [0.1, 0.15) is 36.2 Å². The van der Waals surface area contributed by atoms with E-state index in [1.165, 1.54) is 5.56 Å². The van der Waals surface area contributed by atoms with Crippen LogP contribution in [-0.2, 0) is 18.4 Å². The van der Waals surface area contributed by atoms with Gasteiger partial charge in [0.25, 0.3) is 0 Å². The number of nitrogens with zero attached hydrogens (tertiary/aromatic N) is 2. The molecule has 1 aliphatic rings. The molecule has 0 bridgehead atoms. The van der Waals surface area contributed by atoms with Gasteiger partial charge in [-0.3, -0.25) is 0 Å². The molecular weight excluding hydrogens is 214 g/mol. The van der Waals surface area contributed by atoms with Gasteiger partial charge in [0.1, 0.15) is 5.54 Å². The molecule has 17 heavy (non-hydrogen) atoms. The van der Waals surface area contributed by atoms with Gasteiger partial charge in [-0.05, 0) is 24.0 Å². The number of aromatic nitrogens is 2. The van der Waals surface area contributed by atoms with Crippen LogP contribution in [0.15, 0.2) is 28.8 Å². The number of fused-ring (bicyclic) bond motifs is 1. The Balaban J connectivity index is 2.08. The topological polar surface area (TPSA) is 64.9 Å². The molecule has 0 saturated carbocycles. The Kier molecular flexibility index (Phi) is 2.26. The first-order valence-corrected chi connectivity index (χ1v) is 5.94. The van der Waals surface area contributed by atoms with Crippen LogP contribution in [0.5, 0.6) is 0 Å². The molecule has 2 aromatic rings. The third kappa shape index (κ3) is 1.48. The highest BCUT2D eigenvalue weighted by Gasteiger charge is 2.40. The fraction of sp³-hybridized carbons (Fsp3) is 0.385. The van der Waals surface area contributed by atoms with Gasteiger partial charge in [0.15, 0.2) is 5.82 Å². The summed E-state index contributed by atoms with van der Waals surface area (Å²) in [5, 5.41) is 4.03. The smallest absolute Gasteiger partial charge is 0.226 e. The lowest BCUT2D eigenvalue weighted by Crippen LogP contribution is -2.36. The van der Waals surface area contributed by atoms with Crippen molar-refractivity contribution >= 4 is 0 Å². The molecule has 0 radical (unpaired) electrons. The second kappa shape index (κ2) is 3.67. The summed E-state index contributed by atoms with van der Waals surface area (Å²) >= 11 is 0. The molecule has 0 amide bonds. The number of nitrogens with two attached hydrogens (primary N) is 1. The Morgan fingerprint density at radius 3 is 3.00 bits per heavy atom. The van der Waals surface area contributed by atoms with Gasteiger partial charge in [-0.25, -0.2) is 0 Å². The zero-order valence-corrected chi connectivity index (χ0v) is 9.81. The van der Waals surface area contributed by atoms with Crippen LogP contribution in [-0.4, -0.2) is 10.1 Å². The van der Waals surface area contributed by atoms with Crippen LogP contribution in [0.3, 0.4) is 0 Å². The van der Waals surface area contributed by atoms with Crippen molar-refractivity contribution in [3.63, 3.8) is 0 Å². The van der Waals surface area contributed by atoms with Gasteiger partial charge in [0, 0.05) is 6.42 Å². The third-order valence-electron chi connectivity index (χ3n) is 3.46. The molecule has 0 saturated heterocycles. The van der Waals surface area contributed by atoms with Crippen molar-refractivity contribution in [2.75, 3.05) is 0 Å². The van der Waals surface area contributed by atoms with E-state index < -0.39 is 5.54 Å². The van der Waals surface area contributed by atoms with Gasteiger partial charge in [-0.2, -0.15) is 4.98 Å². The van der Waals surface area contributed by atoms with Crippen molar-refractivity contribution in [1.29, 1.82) is 0 Å². The van der Waals surface area contributed by atoms with Crippen molar-refractivity contribution in [3.8, 4) is 0 Å². The molecule has 3 rings (SSSR count). The summed E-state index contributed by atoms with van der Waals surface area (Å²) in [4.78, 5) is 4.38. The van der Waals surface area contributed by atoms with Crippen LogP contribution in [0.2, 0.25) is 0 Å². The minimum atomic E-state index is -0.576. The zero-order valence-electron chi connectivity index (χ0n) is 9.81. The van der Waals surface area contributed by atoms with Gasteiger partial charge in [0.05, 0.1) is 0 Å². The normalized spacial score (nSPS) is 22.7. The van der Waals surface area contributed by atoms with Gasteiger partial charge in [-0.15, -0.1) is 0 Å². The molecule has 1 aromatic heterocycles. The van der Waals surface area contributed by atoms with Crippen LogP contribution in [0.4, 0.5) is 0 Å². The van der Waals surface area contributed by atoms with E-state index in [2.05, 4.69) is 22.3 Å². The lowest BCUT2D eigenvalue weighted by atomic mass is 9.92. The van der Waals surface area contributed by atoms with Crippen molar-refractivity contribution in [2.24, 2.45) is 5.73 Å². The first-order valence-electron chi connectivity index (χ1n) is 5.94. The van der Waals surface area contributed by atoms with E-state index in [9.17, 15) is 0 Å². The molecule has 1 heterocycles. The number of benzene rings is 1. The molecule has 0 spiro atoms. The summed E-state index contributed by atoms with van der Waals surface area (Å²) in [6.07, 6.45) is 2.56. The standard InChI is InChI=1S/C13H15N3O/c1-2-11-15-12(16-17-11)13(14)8-7-9-5-3-4-6-10(9)13/h3-6H,2,7-8,14H2,1H3. The number of rotatable bonds is 2. The molecule has 1 unspecified atom stereocenters. The molecule has 1 atom stereocenters. The van der Waals surface area contributed by atoms with Crippen LogP contribution >= 0.6 is 0 Å². The Hall–Kier alpha value is -1.68. The molecule has 88 valence electrons. The lowest BCUT2D eigenvalue weighted by Gasteiger charge is -2.20. The number of hydrogen-bond donors (Lipinski definition) is 1. The first-order chi connectivity index (χ1) is 8.24. The SMILES string of the molecule is CCc1nc(C2(N)CCc3ccccc32)no1. The van der Waals surface area contributed by atoms with Gasteiger partial charge < -0.3 is 10.3 Å². The van der Waals surface area contributed by atoms with E-state index in [0.717, 1.165) is 24.8 Å². The summed E-state index contributed by atoms with van der Waals surface area (Å²) in [5.41, 5.74) is 8.32. The van der Waals surface area contributed by atoms with Crippen LogP contribution in [0, 0.1) is 0 Å². The van der Waals surface area contributed by atoms with Gasteiger partial charge >= 0.3 is 0 Å². The molecule has 4 nitrogen and oxygen atoms in total. The van der Waals surface area contributed by atoms with Gasteiger partial charge in [-0.1, -0.05) is 36.3 Å². The minimum Gasteiger partial charge on any atom is -0.339 e. The monoisotopic (exact) mass is 229 g/mol. The Morgan fingerprint density at radius 1 is 1.41 bits per heavy atom. The molecule has 1 aromatic carbocycles. The molecule has 2 N–H and O–H groups in total. The predicted molar refractivity (Wildman–Crippen MR) is 63.4 cm³/mol. The fourth-order valence-electron chi connectivity index (χ4n) is 2.45. The summed E-state index contributed by atoms with van der Waals surface area (Å²) in [5.74, 6) is 1.26. The maximum atomic E-state index is 6.48.